The molecular weight excluding hydrogens is 218 g/mol. The van der Waals surface area contributed by atoms with Crippen LogP contribution in [0.4, 0.5) is 4.79 Å². The molecule has 1 aliphatic heterocycles. The maximum Gasteiger partial charge on any atom is 0.511 e. The first-order chi connectivity index (χ1) is 7.25. The number of pyridine rings is 1. The molecule has 2 heterocycles. The standard InChI is InChI=1S/C9H7NO4S/c11-9(12)14-6-3-8-7(10-4-6)5-13-1-2-15-8/h1-4H,5H2,(H,11,12). The molecule has 0 saturated carbocycles. The van der Waals surface area contributed by atoms with E-state index in [2.05, 4.69) is 9.72 Å². The minimum Gasteiger partial charge on any atom is -0.494 e. The van der Waals surface area contributed by atoms with E-state index in [4.69, 9.17) is 9.84 Å². The molecule has 0 unspecified atom stereocenters. The Labute approximate surface area is 89.7 Å². The number of aromatic nitrogens is 1. The second kappa shape index (κ2) is 4.22. The van der Waals surface area contributed by atoms with Crippen LogP contribution in [0.15, 0.2) is 28.8 Å². The average molecular weight is 225 g/mol. The molecule has 0 radical (unpaired) electrons. The molecule has 0 aromatic carbocycles. The van der Waals surface area contributed by atoms with Crippen LogP contribution < -0.4 is 4.74 Å². The summed E-state index contributed by atoms with van der Waals surface area (Å²) in [6, 6.07) is 1.63. The van der Waals surface area contributed by atoms with E-state index in [1.165, 1.54) is 18.0 Å². The molecule has 0 fully saturated rings. The fourth-order valence-corrected chi connectivity index (χ4v) is 1.80. The van der Waals surface area contributed by atoms with Crippen LogP contribution >= 0.6 is 11.8 Å². The number of rotatable bonds is 1. The number of thioether (sulfide) groups is 1. The highest BCUT2D eigenvalue weighted by molar-refractivity contribution is 8.02. The molecule has 1 aliphatic rings. The lowest BCUT2D eigenvalue weighted by Crippen LogP contribution is -2.04. The first-order valence-electron chi connectivity index (χ1n) is 4.08. The van der Waals surface area contributed by atoms with Crippen molar-refractivity contribution in [2.75, 3.05) is 0 Å². The summed E-state index contributed by atoms with van der Waals surface area (Å²) in [5.41, 5.74) is 0.766. The van der Waals surface area contributed by atoms with E-state index < -0.39 is 6.16 Å². The van der Waals surface area contributed by atoms with E-state index in [-0.39, 0.29) is 5.75 Å². The quantitative estimate of drug-likeness (QED) is 0.739. The molecule has 1 aromatic rings. The molecule has 78 valence electrons. The maximum absolute atomic E-state index is 10.3. The molecule has 0 spiro atoms. The molecule has 0 amide bonds. The van der Waals surface area contributed by atoms with Crippen LogP contribution in [0.2, 0.25) is 0 Å². The summed E-state index contributed by atoms with van der Waals surface area (Å²) in [6.45, 7) is 0.381. The second-order valence-electron chi connectivity index (χ2n) is 2.68. The summed E-state index contributed by atoms with van der Waals surface area (Å²) in [4.78, 5) is 15.2. The number of hydrogen-bond donors (Lipinski definition) is 1. The van der Waals surface area contributed by atoms with E-state index in [1.54, 1.807) is 17.7 Å². The van der Waals surface area contributed by atoms with Gasteiger partial charge in [0.05, 0.1) is 18.2 Å². The molecule has 6 heteroatoms. The van der Waals surface area contributed by atoms with E-state index in [9.17, 15) is 4.79 Å². The van der Waals surface area contributed by atoms with Crippen molar-refractivity contribution in [3.8, 4) is 5.75 Å². The SMILES string of the molecule is O=C(O)Oc1cnc2c(c1)SC=COC2. The van der Waals surface area contributed by atoms with Crippen molar-refractivity contribution in [1.82, 2.24) is 4.98 Å². The van der Waals surface area contributed by atoms with Gasteiger partial charge < -0.3 is 14.6 Å². The second-order valence-corrected chi connectivity index (χ2v) is 3.63. The predicted octanol–water partition coefficient (Wildman–Crippen LogP) is 2.23. The smallest absolute Gasteiger partial charge is 0.494 e. The third-order valence-corrected chi connectivity index (χ3v) is 2.53. The molecule has 0 saturated heterocycles. The van der Waals surface area contributed by atoms with E-state index >= 15 is 0 Å². The first-order valence-corrected chi connectivity index (χ1v) is 4.96. The Bertz CT molecular complexity index is 419. The Kier molecular flexibility index (Phi) is 2.77. The molecule has 0 aliphatic carbocycles. The van der Waals surface area contributed by atoms with Gasteiger partial charge in [-0.3, -0.25) is 4.98 Å². The highest BCUT2D eigenvalue weighted by Crippen LogP contribution is 2.29. The molecule has 1 aromatic heterocycles. The third-order valence-electron chi connectivity index (χ3n) is 1.68. The van der Waals surface area contributed by atoms with E-state index in [0.29, 0.717) is 6.61 Å². The van der Waals surface area contributed by atoms with Gasteiger partial charge in [-0.05, 0) is 6.07 Å². The summed E-state index contributed by atoms with van der Waals surface area (Å²) in [5.74, 6) is 0.212. The lowest BCUT2D eigenvalue weighted by atomic mass is 10.3. The highest BCUT2D eigenvalue weighted by Gasteiger charge is 2.10. The summed E-state index contributed by atoms with van der Waals surface area (Å²) in [5, 5.41) is 10.2. The number of hydrogen-bond acceptors (Lipinski definition) is 5. The Hall–Kier alpha value is -1.69. The monoisotopic (exact) mass is 225 g/mol. The van der Waals surface area contributed by atoms with Crippen LogP contribution in [0.1, 0.15) is 5.69 Å². The van der Waals surface area contributed by atoms with Gasteiger partial charge in [-0.1, -0.05) is 11.8 Å². The number of carboxylic acid groups (broad SMARTS) is 1. The lowest BCUT2D eigenvalue weighted by molar-refractivity contribution is 0.144. The molecule has 5 nitrogen and oxygen atoms in total. The number of carbonyl (C=O) groups is 1. The van der Waals surface area contributed by atoms with Crippen LogP contribution in [0.3, 0.4) is 0 Å². The summed E-state index contributed by atoms with van der Waals surface area (Å²) in [7, 11) is 0. The van der Waals surface area contributed by atoms with Gasteiger partial charge >= 0.3 is 6.16 Å². The summed E-state index contributed by atoms with van der Waals surface area (Å²) >= 11 is 1.41. The minimum absolute atomic E-state index is 0.212. The Balaban J connectivity index is 2.27. The van der Waals surface area contributed by atoms with Gasteiger partial charge in [0.25, 0.3) is 0 Å². The van der Waals surface area contributed by atoms with Crippen molar-refractivity contribution in [1.29, 1.82) is 0 Å². The van der Waals surface area contributed by atoms with Crippen LogP contribution in [-0.4, -0.2) is 16.2 Å². The molecule has 15 heavy (non-hydrogen) atoms. The molecule has 1 N–H and O–H groups in total. The summed E-state index contributed by atoms with van der Waals surface area (Å²) in [6.07, 6.45) is 1.59. The first kappa shape index (κ1) is 9.85. The molecule has 0 atom stereocenters. The van der Waals surface area contributed by atoms with Gasteiger partial charge in [0.2, 0.25) is 0 Å². The van der Waals surface area contributed by atoms with E-state index in [0.717, 1.165) is 10.6 Å². The van der Waals surface area contributed by atoms with Gasteiger partial charge in [-0.2, -0.15) is 0 Å². The number of fused-ring (bicyclic) bond motifs is 1. The van der Waals surface area contributed by atoms with Crippen LogP contribution in [0, 0.1) is 0 Å². The lowest BCUT2D eigenvalue weighted by Gasteiger charge is -2.05. The zero-order valence-corrected chi connectivity index (χ0v) is 8.36. The fraction of sp³-hybridized carbons (Fsp3) is 0.111. The highest BCUT2D eigenvalue weighted by atomic mass is 32.2. The fourth-order valence-electron chi connectivity index (χ4n) is 1.09. The Morgan fingerprint density at radius 2 is 2.53 bits per heavy atom. The average Bonchev–Trinajstić information content (AvgIpc) is 2.41. The van der Waals surface area contributed by atoms with Crippen LogP contribution in [0.5, 0.6) is 5.75 Å². The maximum atomic E-state index is 10.3. The molecule has 0 bridgehead atoms. The van der Waals surface area contributed by atoms with Crippen molar-refractivity contribution in [2.24, 2.45) is 0 Å². The number of ether oxygens (including phenoxy) is 2. The van der Waals surface area contributed by atoms with Crippen LogP contribution in [-0.2, 0) is 11.3 Å². The van der Waals surface area contributed by atoms with Crippen molar-refractivity contribution < 1.29 is 19.4 Å². The van der Waals surface area contributed by atoms with Crippen molar-refractivity contribution >= 4 is 17.9 Å². The van der Waals surface area contributed by atoms with Gasteiger partial charge in [0.1, 0.15) is 6.61 Å². The Morgan fingerprint density at radius 3 is 3.33 bits per heavy atom. The van der Waals surface area contributed by atoms with Crippen LogP contribution in [0.25, 0.3) is 0 Å². The topological polar surface area (TPSA) is 68.7 Å². The zero-order valence-electron chi connectivity index (χ0n) is 7.54. The normalized spacial score (nSPS) is 13.6. The largest absolute Gasteiger partial charge is 0.511 e. The molecule has 2 rings (SSSR count). The van der Waals surface area contributed by atoms with Crippen molar-refractivity contribution in [3.63, 3.8) is 0 Å². The van der Waals surface area contributed by atoms with Gasteiger partial charge in [0, 0.05) is 10.3 Å². The Morgan fingerprint density at radius 1 is 1.67 bits per heavy atom. The third kappa shape index (κ3) is 2.41. The summed E-state index contributed by atoms with van der Waals surface area (Å²) < 4.78 is 9.62. The van der Waals surface area contributed by atoms with Crippen molar-refractivity contribution in [2.45, 2.75) is 11.5 Å². The van der Waals surface area contributed by atoms with Gasteiger partial charge in [0.15, 0.2) is 5.75 Å². The van der Waals surface area contributed by atoms with Crippen molar-refractivity contribution in [3.05, 3.63) is 29.6 Å². The predicted molar refractivity (Wildman–Crippen MR) is 52.7 cm³/mol. The minimum atomic E-state index is -1.35. The van der Waals surface area contributed by atoms with Gasteiger partial charge in [-0.15, -0.1) is 0 Å². The van der Waals surface area contributed by atoms with Gasteiger partial charge in [-0.25, -0.2) is 4.79 Å². The number of nitrogens with zero attached hydrogens (tertiary/aromatic N) is 1. The molecular formula is C9H7NO4S. The van der Waals surface area contributed by atoms with E-state index in [1.807, 2.05) is 0 Å². The zero-order chi connectivity index (χ0) is 10.7.